The molecular weight excluding hydrogens is 261 g/mol. The number of halogens is 2. The summed E-state index contributed by atoms with van der Waals surface area (Å²) >= 11 is 12.0. The standard InChI is InChI=1S/C12H13Cl2NO2/c1-17-12(16)10-6-15-5-9(10)8-3-2-7(13)4-11(8)14/h2-4,9-10,15H,5-6H2,1H3/t9-,10-/m1/s1. The summed E-state index contributed by atoms with van der Waals surface area (Å²) in [6, 6.07) is 5.36. The van der Waals surface area contributed by atoms with Gasteiger partial charge in [0.2, 0.25) is 0 Å². The van der Waals surface area contributed by atoms with Gasteiger partial charge in [-0.1, -0.05) is 29.3 Å². The van der Waals surface area contributed by atoms with Crippen LogP contribution in [0.25, 0.3) is 0 Å². The highest BCUT2D eigenvalue weighted by molar-refractivity contribution is 6.35. The SMILES string of the molecule is COC(=O)[C@@H]1CNC[C@@H]1c1ccc(Cl)cc1Cl. The minimum absolute atomic E-state index is 0.0483. The first-order valence-electron chi connectivity index (χ1n) is 5.37. The molecule has 1 heterocycles. The number of carbonyl (C=O) groups excluding carboxylic acids is 1. The number of benzene rings is 1. The fourth-order valence-corrected chi connectivity index (χ4v) is 2.76. The minimum atomic E-state index is -0.203. The number of rotatable bonds is 2. The number of ether oxygens (including phenoxy) is 1. The van der Waals surface area contributed by atoms with Crippen molar-refractivity contribution in [3.05, 3.63) is 33.8 Å². The Bertz CT molecular complexity index is 437. The molecule has 0 spiro atoms. The minimum Gasteiger partial charge on any atom is -0.469 e. The van der Waals surface area contributed by atoms with Crippen molar-refractivity contribution >= 4 is 29.2 Å². The lowest BCUT2D eigenvalue weighted by Gasteiger charge is -2.18. The Balaban J connectivity index is 2.29. The van der Waals surface area contributed by atoms with E-state index in [1.165, 1.54) is 7.11 Å². The first kappa shape index (κ1) is 12.7. The largest absolute Gasteiger partial charge is 0.469 e. The van der Waals surface area contributed by atoms with E-state index in [0.29, 0.717) is 16.6 Å². The van der Waals surface area contributed by atoms with Crippen molar-refractivity contribution < 1.29 is 9.53 Å². The fraction of sp³-hybridized carbons (Fsp3) is 0.417. The Morgan fingerprint density at radius 2 is 2.18 bits per heavy atom. The zero-order chi connectivity index (χ0) is 12.4. The third-order valence-corrected chi connectivity index (χ3v) is 3.64. The van der Waals surface area contributed by atoms with E-state index < -0.39 is 0 Å². The maximum atomic E-state index is 11.6. The zero-order valence-electron chi connectivity index (χ0n) is 9.37. The summed E-state index contributed by atoms with van der Waals surface area (Å²) < 4.78 is 4.80. The average molecular weight is 274 g/mol. The zero-order valence-corrected chi connectivity index (χ0v) is 10.9. The molecule has 2 atom stereocenters. The molecule has 1 aliphatic rings. The van der Waals surface area contributed by atoms with Gasteiger partial charge in [-0.15, -0.1) is 0 Å². The molecule has 0 bridgehead atoms. The van der Waals surface area contributed by atoms with Crippen molar-refractivity contribution in [2.75, 3.05) is 20.2 Å². The lowest BCUT2D eigenvalue weighted by atomic mass is 9.89. The molecule has 0 saturated carbocycles. The monoisotopic (exact) mass is 273 g/mol. The van der Waals surface area contributed by atoms with Gasteiger partial charge in [-0.2, -0.15) is 0 Å². The summed E-state index contributed by atoms with van der Waals surface area (Å²) in [6.45, 7) is 1.34. The van der Waals surface area contributed by atoms with E-state index in [0.717, 1.165) is 12.1 Å². The molecule has 0 unspecified atom stereocenters. The van der Waals surface area contributed by atoms with E-state index in [1.807, 2.05) is 6.07 Å². The number of esters is 1. The van der Waals surface area contributed by atoms with Crippen LogP contribution in [0.1, 0.15) is 11.5 Å². The average Bonchev–Trinajstić information content (AvgIpc) is 2.77. The molecule has 5 heteroatoms. The quantitative estimate of drug-likeness (QED) is 0.842. The van der Waals surface area contributed by atoms with Crippen LogP contribution in [-0.4, -0.2) is 26.2 Å². The maximum absolute atomic E-state index is 11.6. The highest BCUT2D eigenvalue weighted by Crippen LogP contribution is 2.34. The summed E-state index contributed by atoms with van der Waals surface area (Å²) in [5, 5.41) is 4.38. The molecule has 3 nitrogen and oxygen atoms in total. The molecule has 2 rings (SSSR count). The van der Waals surface area contributed by atoms with E-state index in [-0.39, 0.29) is 17.8 Å². The molecule has 1 aromatic rings. The Labute approximate surface area is 110 Å². The van der Waals surface area contributed by atoms with E-state index in [4.69, 9.17) is 27.9 Å². The van der Waals surface area contributed by atoms with Crippen LogP contribution in [0.4, 0.5) is 0 Å². The van der Waals surface area contributed by atoms with E-state index in [2.05, 4.69) is 5.32 Å². The van der Waals surface area contributed by atoms with Crippen molar-refractivity contribution in [2.45, 2.75) is 5.92 Å². The summed E-state index contributed by atoms with van der Waals surface area (Å²) in [7, 11) is 1.40. The van der Waals surface area contributed by atoms with E-state index in [1.54, 1.807) is 12.1 Å². The molecule has 0 amide bonds. The van der Waals surface area contributed by atoms with Crippen LogP contribution in [0.3, 0.4) is 0 Å². The second-order valence-electron chi connectivity index (χ2n) is 4.06. The molecule has 1 fully saturated rings. The Morgan fingerprint density at radius 1 is 1.41 bits per heavy atom. The predicted octanol–water partition coefficient (Wildman–Crippen LogP) is 2.47. The Kier molecular flexibility index (Phi) is 3.92. The normalized spacial score (nSPS) is 23.7. The molecule has 92 valence electrons. The van der Waals surface area contributed by atoms with Crippen molar-refractivity contribution in [1.82, 2.24) is 5.32 Å². The molecule has 1 aliphatic heterocycles. The summed E-state index contributed by atoms with van der Waals surface area (Å²) in [5.74, 6) is -0.336. The molecule has 17 heavy (non-hydrogen) atoms. The Morgan fingerprint density at radius 3 is 2.82 bits per heavy atom. The van der Waals surface area contributed by atoms with Crippen LogP contribution in [0.15, 0.2) is 18.2 Å². The second kappa shape index (κ2) is 5.25. The first-order valence-corrected chi connectivity index (χ1v) is 6.12. The summed E-state index contributed by atoms with van der Waals surface area (Å²) in [4.78, 5) is 11.6. The summed E-state index contributed by atoms with van der Waals surface area (Å²) in [6.07, 6.45) is 0. The number of methoxy groups -OCH3 is 1. The first-order chi connectivity index (χ1) is 8.13. The van der Waals surface area contributed by atoms with Crippen LogP contribution < -0.4 is 5.32 Å². The van der Waals surface area contributed by atoms with Gasteiger partial charge in [-0.05, 0) is 17.7 Å². The van der Waals surface area contributed by atoms with Gasteiger partial charge < -0.3 is 10.1 Å². The number of hydrogen-bond donors (Lipinski definition) is 1. The molecular formula is C12H13Cl2NO2. The number of nitrogens with one attached hydrogen (secondary N) is 1. The number of carbonyl (C=O) groups is 1. The van der Waals surface area contributed by atoms with Gasteiger partial charge in [0.25, 0.3) is 0 Å². The lowest BCUT2D eigenvalue weighted by Crippen LogP contribution is -2.23. The molecule has 0 aromatic heterocycles. The molecule has 1 aromatic carbocycles. The second-order valence-corrected chi connectivity index (χ2v) is 4.90. The van der Waals surface area contributed by atoms with Crippen LogP contribution >= 0.6 is 23.2 Å². The smallest absolute Gasteiger partial charge is 0.310 e. The number of hydrogen-bond acceptors (Lipinski definition) is 3. The van der Waals surface area contributed by atoms with Crippen molar-refractivity contribution in [2.24, 2.45) is 5.92 Å². The molecule has 1 N–H and O–H groups in total. The van der Waals surface area contributed by atoms with Gasteiger partial charge in [0.1, 0.15) is 0 Å². The van der Waals surface area contributed by atoms with Gasteiger partial charge in [-0.25, -0.2) is 0 Å². The maximum Gasteiger partial charge on any atom is 0.310 e. The molecule has 0 aliphatic carbocycles. The van der Waals surface area contributed by atoms with Gasteiger partial charge >= 0.3 is 5.97 Å². The highest BCUT2D eigenvalue weighted by atomic mass is 35.5. The van der Waals surface area contributed by atoms with E-state index >= 15 is 0 Å². The highest BCUT2D eigenvalue weighted by Gasteiger charge is 2.35. The van der Waals surface area contributed by atoms with Gasteiger partial charge in [0.15, 0.2) is 0 Å². The fourth-order valence-electron chi connectivity index (χ4n) is 2.21. The van der Waals surface area contributed by atoms with Gasteiger partial charge in [0.05, 0.1) is 13.0 Å². The predicted molar refractivity (Wildman–Crippen MR) is 67.6 cm³/mol. The van der Waals surface area contributed by atoms with Crippen LogP contribution in [0, 0.1) is 5.92 Å². The van der Waals surface area contributed by atoms with Crippen LogP contribution in [0.2, 0.25) is 10.0 Å². The Hall–Kier alpha value is -0.770. The van der Waals surface area contributed by atoms with Gasteiger partial charge in [0, 0.05) is 29.1 Å². The van der Waals surface area contributed by atoms with Crippen molar-refractivity contribution in [3.63, 3.8) is 0 Å². The third-order valence-electron chi connectivity index (χ3n) is 3.08. The third kappa shape index (κ3) is 2.57. The van der Waals surface area contributed by atoms with Crippen LogP contribution in [0.5, 0.6) is 0 Å². The molecule has 0 radical (unpaired) electrons. The topological polar surface area (TPSA) is 38.3 Å². The van der Waals surface area contributed by atoms with Gasteiger partial charge in [-0.3, -0.25) is 4.79 Å². The van der Waals surface area contributed by atoms with E-state index in [9.17, 15) is 4.79 Å². The lowest BCUT2D eigenvalue weighted by molar-refractivity contribution is -0.145. The molecule has 1 saturated heterocycles. The van der Waals surface area contributed by atoms with Crippen molar-refractivity contribution in [1.29, 1.82) is 0 Å². The van der Waals surface area contributed by atoms with Crippen molar-refractivity contribution in [3.8, 4) is 0 Å². The van der Waals surface area contributed by atoms with Crippen LogP contribution in [-0.2, 0) is 9.53 Å². The summed E-state index contributed by atoms with van der Waals surface area (Å²) in [5.41, 5.74) is 0.941.